The summed E-state index contributed by atoms with van der Waals surface area (Å²) in [6, 6.07) is 33.2. The van der Waals surface area contributed by atoms with Crippen LogP contribution < -0.4 is 0 Å². The van der Waals surface area contributed by atoms with E-state index in [0.29, 0.717) is 12.8 Å². The van der Waals surface area contributed by atoms with Crippen molar-refractivity contribution in [3.63, 3.8) is 0 Å². The Bertz CT molecular complexity index is 1700. The molecule has 3 heterocycles. The molecule has 2 aliphatic rings. The number of nitrogens with zero attached hydrogens (tertiary/aromatic N) is 2. The molecule has 2 saturated heterocycles. The molecule has 0 radical (unpaired) electrons. The minimum Gasteiger partial charge on any atom is -0.456 e. The van der Waals surface area contributed by atoms with E-state index in [-0.39, 0.29) is 24.0 Å². The lowest BCUT2D eigenvalue weighted by molar-refractivity contribution is 0.0962. The predicted molar refractivity (Wildman–Crippen MR) is 207 cm³/mol. The molecule has 6 heteroatoms. The molecule has 0 bridgehead atoms. The van der Waals surface area contributed by atoms with Crippen molar-refractivity contribution in [2.24, 2.45) is 11.8 Å². The number of hydrogen-bond acceptors (Lipinski definition) is 5. The Kier molecular flexibility index (Phi) is 12.6. The van der Waals surface area contributed by atoms with Crippen LogP contribution in [0.5, 0.6) is 0 Å². The largest absolute Gasteiger partial charge is 0.456 e. The maximum absolute atomic E-state index is 13.3. The first-order chi connectivity index (χ1) is 24.1. The molecule has 0 amide bonds. The van der Waals surface area contributed by atoms with E-state index in [1.807, 2.05) is 36.4 Å². The van der Waals surface area contributed by atoms with Crippen LogP contribution in [0.25, 0.3) is 21.9 Å². The molecule has 1 aromatic heterocycles. The fourth-order valence-electron chi connectivity index (χ4n) is 8.06. The molecule has 0 saturated carbocycles. The Balaban J connectivity index is 0.00000432. The number of rotatable bonds is 14. The highest BCUT2D eigenvalue weighted by Crippen LogP contribution is 2.31. The third kappa shape index (κ3) is 9.31. The van der Waals surface area contributed by atoms with Gasteiger partial charge in [0.1, 0.15) is 11.2 Å². The topological polar surface area (TPSA) is 53.8 Å². The van der Waals surface area contributed by atoms with Gasteiger partial charge in [-0.1, -0.05) is 60.7 Å². The van der Waals surface area contributed by atoms with Crippen LogP contribution in [0.15, 0.2) is 101 Å². The van der Waals surface area contributed by atoms with Crippen LogP contribution in [0, 0.1) is 11.8 Å². The van der Waals surface area contributed by atoms with Crippen molar-refractivity contribution in [2.75, 3.05) is 39.3 Å². The molecule has 2 aliphatic heterocycles. The van der Waals surface area contributed by atoms with E-state index in [9.17, 15) is 9.59 Å². The summed E-state index contributed by atoms with van der Waals surface area (Å²) in [5.74, 6) is 1.86. The highest BCUT2D eigenvalue weighted by molar-refractivity contribution is 6.10. The highest BCUT2D eigenvalue weighted by atomic mass is 35.5. The summed E-state index contributed by atoms with van der Waals surface area (Å²) in [6.45, 7) is 6.42. The fraction of sp³-hybridized carbons (Fsp3) is 0.409. The van der Waals surface area contributed by atoms with Gasteiger partial charge in [-0.2, -0.15) is 0 Å². The Morgan fingerprint density at radius 3 is 1.36 bits per heavy atom. The standard InChI is InChI=1S/C44H50N2O3.ClH/c47-41(13-7-23-45-25-19-35(20-26-45)29-33-9-3-1-4-10-33)37-15-17-43-39(31-37)40-32-38(16-18-44(40)49-43)42(48)14-8-24-46-27-21-36(22-28-46)30-34-11-5-2-6-12-34;/h1-6,9-12,15-18,31-32,35-36H,7-8,13-14,19-30H2;1H. The van der Waals surface area contributed by atoms with Gasteiger partial charge in [-0.25, -0.2) is 0 Å². The SMILES string of the molecule is Cl.O=C(CCCN1CCC(Cc2ccccc2)CC1)c1ccc2oc3ccc(C(=O)CCCN4CCC(Cc5ccccc5)CC4)cc3c2c1. The van der Waals surface area contributed by atoms with Gasteiger partial charge in [-0.05, 0) is 150 Å². The fourth-order valence-corrected chi connectivity index (χ4v) is 8.06. The molecule has 2 fully saturated rings. The molecular weight excluding hydrogens is 640 g/mol. The van der Waals surface area contributed by atoms with Crippen LogP contribution >= 0.6 is 12.4 Å². The molecule has 0 aliphatic carbocycles. The van der Waals surface area contributed by atoms with Crippen molar-refractivity contribution in [2.45, 2.75) is 64.2 Å². The second kappa shape index (κ2) is 17.4. The number of Topliss-reactive ketones (excluding diaryl/α,β-unsaturated/α-hetero) is 2. The maximum atomic E-state index is 13.3. The first-order valence-corrected chi connectivity index (χ1v) is 18.6. The van der Waals surface area contributed by atoms with Crippen LogP contribution in [0.3, 0.4) is 0 Å². The van der Waals surface area contributed by atoms with Crippen LogP contribution in [-0.4, -0.2) is 60.6 Å². The van der Waals surface area contributed by atoms with Crippen molar-refractivity contribution < 1.29 is 14.0 Å². The summed E-state index contributed by atoms with van der Waals surface area (Å²) >= 11 is 0. The van der Waals surface area contributed by atoms with Gasteiger partial charge in [0.2, 0.25) is 0 Å². The van der Waals surface area contributed by atoms with Gasteiger partial charge in [0.15, 0.2) is 11.6 Å². The first kappa shape index (κ1) is 36.0. The Morgan fingerprint density at radius 2 is 0.960 bits per heavy atom. The van der Waals surface area contributed by atoms with E-state index in [0.717, 1.165) is 97.0 Å². The van der Waals surface area contributed by atoms with E-state index in [1.54, 1.807) is 0 Å². The zero-order chi connectivity index (χ0) is 33.4. The molecule has 5 nitrogen and oxygen atoms in total. The lowest BCUT2D eigenvalue weighted by atomic mass is 9.90. The number of ketones is 2. The van der Waals surface area contributed by atoms with E-state index in [1.165, 1.54) is 49.7 Å². The predicted octanol–water partition coefficient (Wildman–Crippen LogP) is 9.84. The summed E-state index contributed by atoms with van der Waals surface area (Å²) in [6.07, 6.45) is 10.1. The number of likely N-dealkylation sites (tertiary alicyclic amines) is 2. The molecule has 0 atom stereocenters. The second-order valence-corrected chi connectivity index (χ2v) is 14.5. The monoisotopic (exact) mass is 690 g/mol. The molecule has 0 spiro atoms. The number of carbonyl (C=O) groups excluding carboxylic acids is 2. The Hall–Kier alpha value is -3.77. The lowest BCUT2D eigenvalue weighted by Crippen LogP contribution is -2.35. The smallest absolute Gasteiger partial charge is 0.162 e. The zero-order valence-electron chi connectivity index (χ0n) is 29.2. The maximum Gasteiger partial charge on any atom is 0.162 e. The zero-order valence-corrected chi connectivity index (χ0v) is 30.0. The van der Waals surface area contributed by atoms with E-state index < -0.39 is 0 Å². The van der Waals surface area contributed by atoms with E-state index >= 15 is 0 Å². The Morgan fingerprint density at radius 1 is 0.560 bits per heavy atom. The third-order valence-electron chi connectivity index (χ3n) is 11.0. The van der Waals surface area contributed by atoms with E-state index in [2.05, 4.69) is 70.5 Å². The number of furan rings is 1. The highest BCUT2D eigenvalue weighted by Gasteiger charge is 2.21. The lowest BCUT2D eigenvalue weighted by Gasteiger charge is -2.32. The van der Waals surface area contributed by atoms with Crippen molar-refractivity contribution in [1.29, 1.82) is 0 Å². The van der Waals surface area contributed by atoms with Crippen LogP contribution in [-0.2, 0) is 12.8 Å². The molecule has 50 heavy (non-hydrogen) atoms. The minimum atomic E-state index is 0. The van der Waals surface area contributed by atoms with Crippen molar-refractivity contribution in [3.05, 3.63) is 119 Å². The summed E-state index contributed by atoms with van der Waals surface area (Å²) in [7, 11) is 0. The van der Waals surface area contributed by atoms with Gasteiger partial charge in [-0.3, -0.25) is 9.59 Å². The van der Waals surface area contributed by atoms with Gasteiger partial charge in [-0.15, -0.1) is 12.4 Å². The number of carbonyl (C=O) groups is 2. The van der Waals surface area contributed by atoms with Gasteiger partial charge in [0.25, 0.3) is 0 Å². The first-order valence-electron chi connectivity index (χ1n) is 18.6. The third-order valence-corrected chi connectivity index (χ3v) is 11.0. The molecular formula is C44H51ClN2O3. The summed E-state index contributed by atoms with van der Waals surface area (Å²) in [5, 5.41) is 1.82. The molecule has 262 valence electrons. The number of fused-ring (bicyclic) bond motifs is 3. The van der Waals surface area contributed by atoms with Crippen LogP contribution in [0.2, 0.25) is 0 Å². The molecule has 5 aromatic rings. The molecule has 4 aromatic carbocycles. The van der Waals surface area contributed by atoms with Gasteiger partial charge >= 0.3 is 0 Å². The van der Waals surface area contributed by atoms with Crippen molar-refractivity contribution in [3.8, 4) is 0 Å². The van der Waals surface area contributed by atoms with Gasteiger partial charge < -0.3 is 14.2 Å². The average Bonchev–Trinajstić information content (AvgIpc) is 3.51. The summed E-state index contributed by atoms with van der Waals surface area (Å²) in [5.41, 5.74) is 5.83. The quantitative estimate of drug-likeness (QED) is 0.109. The Labute approximate surface area is 303 Å². The number of halogens is 1. The van der Waals surface area contributed by atoms with Gasteiger partial charge in [0, 0.05) is 34.7 Å². The molecule has 0 N–H and O–H groups in total. The average molecular weight is 691 g/mol. The van der Waals surface area contributed by atoms with Crippen molar-refractivity contribution in [1.82, 2.24) is 9.80 Å². The van der Waals surface area contributed by atoms with Crippen LogP contribution in [0.1, 0.15) is 83.2 Å². The number of hydrogen-bond donors (Lipinski definition) is 0. The number of piperidine rings is 2. The van der Waals surface area contributed by atoms with E-state index in [4.69, 9.17) is 4.42 Å². The van der Waals surface area contributed by atoms with Crippen molar-refractivity contribution >= 4 is 45.9 Å². The minimum absolute atomic E-state index is 0. The summed E-state index contributed by atoms with van der Waals surface area (Å²) < 4.78 is 6.10. The summed E-state index contributed by atoms with van der Waals surface area (Å²) in [4.78, 5) is 31.6. The molecule has 7 rings (SSSR count). The van der Waals surface area contributed by atoms with Gasteiger partial charge in [0.05, 0.1) is 0 Å². The van der Waals surface area contributed by atoms with Crippen LogP contribution in [0.4, 0.5) is 0 Å². The second-order valence-electron chi connectivity index (χ2n) is 14.5. The molecule has 0 unspecified atom stereocenters. The number of benzene rings is 4. The normalized spacial score (nSPS) is 16.5.